The van der Waals surface area contributed by atoms with Crippen molar-refractivity contribution in [3.05, 3.63) is 47.9 Å². The normalized spacial score (nSPS) is 17.1. The molecule has 0 radical (unpaired) electrons. The first-order valence-electron chi connectivity index (χ1n) is 11.1. The number of hydrogen-bond acceptors (Lipinski definition) is 7. The summed E-state index contributed by atoms with van der Waals surface area (Å²) in [6.07, 6.45) is 3.91. The van der Waals surface area contributed by atoms with Gasteiger partial charge in [0.1, 0.15) is 17.8 Å². The Morgan fingerprint density at radius 1 is 1.22 bits per heavy atom. The predicted molar refractivity (Wildman–Crippen MR) is 122 cm³/mol. The van der Waals surface area contributed by atoms with Gasteiger partial charge in [0, 0.05) is 51.4 Å². The highest BCUT2D eigenvalue weighted by molar-refractivity contribution is 5.92. The molecule has 3 heterocycles. The summed E-state index contributed by atoms with van der Waals surface area (Å²) < 4.78 is 0. The van der Waals surface area contributed by atoms with Crippen LogP contribution in [0.5, 0.6) is 0 Å². The van der Waals surface area contributed by atoms with Crippen molar-refractivity contribution in [3.8, 4) is 0 Å². The standard InChI is InChI=1S/C23H30N6O3/c1-16(30)29-12-18(13-29)27-22-10-20(25-15-26-22)23(32)24-11-19(31)14-28-9-5-4-7-17-6-2-3-8-21(17)28/h2-3,6,8,10,15,18-19,31H,4-5,7,9,11-14H2,1H3,(H,24,32)(H,25,26,27)/t19-/m0/s1. The lowest BCUT2D eigenvalue weighted by Crippen LogP contribution is -2.56. The van der Waals surface area contributed by atoms with Gasteiger partial charge in [0.2, 0.25) is 5.91 Å². The minimum absolute atomic E-state index is 0.0491. The van der Waals surface area contributed by atoms with Crippen LogP contribution in [0.25, 0.3) is 0 Å². The average Bonchev–Trinajstić information content (AvgIpc) is 2.96. The van der Waals surface area contributed by atoms with E-state index >= 15 is 0 Å². The third-order valence-corrected chi connectivity index (χ3v) is 5.96. The van der Waals surface area contributed by atoms with Crippen molar-refractivity contribution in [2.24, 2.45) is 0 Å². The number of amides is 2. The van der Waals surface area contributed by atoms with E-state index in [4.69, 9.17) is 0 Å². The second kappa shape index (κ2) is 9.95. The number of carbonyl (C=O) groups excluding carboxylic acids is 2. The van der Waals surface area contributed by atoms with Gasteiger partial charge in [0.15, 0.2) is 0 Å². The molecule has 2 aliphatic heterocycles. The Bertz CT molecular complexity index is 962. The van der Waals surface area contributed by atoms with E-state index in [-0.39, 0.29) is 30.1 Å². The van der Waals surface area contributed by atoms with Gasteiger partial charge >= 0.3 is 0 Å². The minimum Gasteiger partial charge on any atom is -0.389 e. The fourth-order valence-corrected chi connectivity index (χ4v) is 4.18. The van der Waals surface area contributed by atoms with Crippen molar-refractivity contribution in [1.29, 1.82) is 0 Å². The molecule has 2 aromatic rings. The number of nitrogens with one attached hydrogen (secondary N) is 2. The van der Waals surface area contributed by atoms with Crippen LogP contribution in [0.2, 0.25) is 0 Å². The molecule has 9 nitrogen and oxygen atoms in total. The topological polar surface area (TPSA) is 111 Å². The summed E-state index contributed by atoms with van der Waals surface area (Å²) >= 11 is 0. The zero-order valence-corrected chi connectivity index (χ0v) is 18.3. The van der Waals surface area contributed by atoms with Gasteiger partial charge in [0.25, 0.3) is 5.91 Å². The van der Waals surface area contributed by atoms with Crippen molar-refractivity contribution in [2.45, 2.75) is 38.3 Å². The van der Waals surface area contributed by atoms with Gasteiger partial charge in [-0.25, -0.2) is 9.97 Å². The van der Waals surface area contributed by atoms with E-state index in [0.29, 0.717) is 25.5 Å². The van der Waals surface area contributed by atoms with Crippen LogP contribution in [0.4, 0.5) is 11.5 Å². The number of rotatable bonds is 7. The van der Waals surface area contributed by atoms with Gasteiger partial charge in [-0.05, 0) is 30.9 Å². The van der Waals surface area contributed by atoms with E-state index in [0.717, 1.165) is 25.8 Å². The number of anilines is 2. The fourth-order valence-electron chi connectivity index (χ4n) is 4.18. The number of aliphatic hydroxyl groups is 1. The van der Waals surface area contributed by atoms with Gasteiger partial charge in [-0.15, -0.1) is 0 Å². The van der Waals surface area contributed by atoms with Gasteiger partial charge in [-0.3, -0.25) is 9.59 Å². The van der Waals surface area contributed by atoms with Crippen LogP contribution in [0, 0.1) is 0 Å². The van der Waals surface area contributed by atoms with Crippen molar-refractivity contribution >= 4 is 23.3 Å². The van der Waals surface area contributed by atoms with Gasteiger partial charge < -0.3 is 25.5 Å². The molecule has 4 rings (SSSR count). The molecule has 2 amide bonds. The zero-order valence-electron chi connectivity index (χ0n) is 18.3. The summed E-state index contributed by atoms with van der Waals surface area (Å²) in [5, 5.41) is 16.5. The summed E-state index contributed by atoms with van der Waals surface area (Å²) in [5.74, 6) is 0.234. The van der Waals surface area contributed by atoms with E-state index in [9.17, 15) is 14.7 Å². The highest BCUT2D eigenvalue weighted by Gasteiger charge is 2.28. The average molecular weight is 439 g/mol. The predicted octanol–water partition coefficient (Wildman–Crippen LogP) is 1.05. The lowest BCUT2D eigenvalue weighted by atomic mass is 10.1. The smallest absolute Gasteiger partial charge is 0.270 e. The van der Waals surface area contributed by atoms with Crippen molar-refractivity contribution < 1.29 is 14.7 Å². The fraction of sp³-hybridized carbons (Fsp3) is 0.478. The quantitative estimate of drug-likeness (QED) is 0.593. The first kappa shape index (κ1) is 22.0. The molecule has 0 saturated carbocycles. The van der Waals surface area contributed by atoms with Crippen LogP contribution >= 0.6 is 0 Å². The minimum atomic E-state index is -0.697. The van der Waals surface area contributed by atoms with Crippen molar-refractivity contribution in [2.75, 3.05) is 42.9 Å². The lowest BCUT2D eigenvalue weighted by Gasteiger charge is -2.39. The molecule has 1 atom stereocenters. The van der Waals surface area contributed by atoms with E-state index in [2.05, 4.69) is 37.6 Å². The maximum Gasteiger partial charge on any atom is 0.270 e. The Hall–Kier alpha value is -3.20. The third-order valence-electron chi connectivity index (χ3n) is 5.96. The number of likely N-dealkylation sites (tertiary alicyclic amines) is 1. The summed E-state index contributed by atoms with van der Waals surface area (Å²) in [4.78, 5) is 36.0. The molecular weight excluding hydrogens is 408 g/mol. The Kier molecular flexibility index (Phi) is 6.84. The Morgan fingerprint density at radius 3 is 2.84 bits per heavy atom. The molecule has 2 aliphatic rings. The second-order valence-electron chi connectivity index (χ2n) is 8.45. The number of aliphatic hydroxyl groups excluding tert-OH is 1. The summed E-state index contributed by atoms with van der Waals surface area (Å²) in [6.45, 7) is 4.27. The zero-order chi connectivity index (χ0) is 22.5. The molecule has 0 bridgehead atoms. The first-order chi connectivity index (χ1) is 15.5. The summed E-state index contributed by atoms with van der Waals surface area (Å²) in [7, 11) is 0. The number of nitrogens with zero attached hydrogens (tertiary/aromatic N) is 4. The maximum absolute atomic E-state index is 12.6. The van der Waals surface area contributed by atoms with Crippen LogP contribution in [-0.4, -0.2) is 76.7 Å². The highest BCUT2D eigenvalue weighted by Crippen LogP contribution is 2.26. The van der Waals surface area contributed by atoms with E-state index in [1.165, 1.54) is 17.6 Å². The Labute approximate surface area is 187 Å². The summed E-state index contributed by atoms with van der Waals surface area (Å²) in [6, 6.07) is 10.0. The molecule has 0 aliphatic carbocycles. The van der Waals surface area contributed by atoms with Crippen LogP contribution in [0.15, 0.2) is 36.7 Å². The largest absolute Gasteiger partial charge is 0.389 e. The highest BCUT2D eigenvalue weighted by atomic mass is 16.3. The summed E-state index contributed by atoms with van der Waals surface area (Å²) in [5.41, 5.74) is 2.71. The molecule has 1 saturated heterocycles. The molecule has 32 heavy (non-hydrogen) atoms. The number of aromatic nitrogens is 2. The van der Waals surface area contributed by atoms with Gasteiger partial charge in [0.05, 0.1) is 12.1 Å². The second-order valence-corrected chi connectivity index (χ2v) is 8.45. The maximum atomic E-state index is 12.6. The number of β-amino-alcohol motifs (C(OH)–C–C–N with tert-alkyl or cyclic N) is 1. The van der Waals surface area contributed by atoms with Crippen LogP contribution in [0.3, 0.4) is 0 Å². The van der Waals surface area contributed by atoms with Crippen molar-refractivity contribution in [1.82, 2.24) is 20.2 Å². The van der Waals surface area contributed by atoms with Gasteiger partial charge in [-0.2, -0.15) is 0 Å². The van der Waals surface area contributed by atoms with E-state index in [1.807, 2.05) is 12.1 Å². The Balaban J connectivity index is 1.28. The SMILES string of the molecule is CC(=O)N1CC(Nc2cc(C(=O)NC[C@H](O)CN3CCCCc4ccccc43)ncn2)C1. The third kappa shape index (κ3) is 5.34. The molecule has 3 N–H and O–H groups in total. The lowest BCUT2D eigenvalue weighted by molar-refractivity contribution is -0.132. The number of fused-ring (bicyclic) bond motifs is 1. The molecule has 1 aromatic carbocycles. The molecule has 170 valence electrons. The number of carbonyl (C=O) groups is 2. The van der Waals surface area contributed by atoms with Crippen molar-refractivity contribution in [3.63, 3.8) is 0 Å². The van der Waals surface area contributed by atoms with E-state index in [1.54, 1.807) is 17.9 Å². The number of aryl methyl sites for hydroxylation is 1. The molecule has 1 aromatic heterocycles. The number of benzene rings is 1. The monoisotopic (exact) mass is 438 g/mol. The molecular formula is C23H30N6O3. The van der Waals surface area contributed by atoms with Gasteiger partial charge in [-0.1, -0.05) is 18.2 Å². The number of para-hydroxylation sites is 1. The number of hydrogen-bond donors (Lipinski definition) is 3. The van der Waals surface area contributed by atoms with E-state index < -0.39 is 6.10 Å². The molecule has 1 fully saturated rings. The van der Waals surface area contributed by atoms with Crippen LogP contribution in [-0.2, 0) is 11.2 Å². The molecule has 9 heteroatoms. The molecule has 0 spiro atoms. The first-order valence-corrected chi connectivity index (χ1v) is 11.1. The van der Waals surface area contributed by atoms with Crippen LogP contribution < -0.4 is 15.5 Å². The molecule has 0 unspecified atom stereocenters. The Morgan fingerprint density at radius 2 is 2.03 bits per heavy atom. The van der Waals surface area contributed by atoms with Crippen LogP contribution in [0.1, 0.15) is 35.8 Å².